The second kappa shape index (κ2) is 18.2. The van der Waals surface area contributed by atoms with Gasteiger partial charge in [-0.05, 0) is 19.3 Å². The molecule has 0 aromatic carbocycles. The smallest absolute Gasteiger partial charge is 0.330 e. The van der Waals surface area contributed by atoms with Gasteiger partial charge in [0.1, 0.15) is 0 Å². The third-order valence-electron chi connectivity index (χ3n) is 3.98. The highest BCUT2D eigenvalue weighted by Crippen LogP contribution is 2.13. The van der Waals surface area contributed by atoms with Gasteiger partial charge < -0.3 is 9.84 Å². The summed E-state index contributed by atoms with van der Waals surface area (Å²) in [4.78, 5) is 10.8. The van der Waals surface area contributed by atoms with Crippen LogP contribution >= 0.6 is 0 Å². The van der Waals surface area contributed by atoms with Crippen LogP contribution in [0.4, 0.5) is 0 Å². The van der Waals surface area contributed by atoms with E-state index >= 15 is 0 Å². The number of aliphatic hydroxyl groups is 1. The summed E-state index contributed by atoms with van der Waals surface area (Å²) in [5.41, 5.74) is 0. The number of allylic oxidation sites excluding steroid dienone is 1. The van der Waals surface area contributed by atoms with Crippen LogP contribution in [0.25, 0.3) is 0 Å². The van der Waals surface area contributed by atoms with Gasteiger partial charge in [-0.3, -0.25) is 0 Å². The predicted octanol–water partition coefficient (Wildman–Crippen LogP) is 5.17. The van der Waals surface area contributed by atoms with Crippen molar-refractivity contribution in [2.45, 2.75) is 89.9 Å². The number of esters is 1. The third-order valence-corrected chi connectivity index (χ3v) is 3.98. The molecule has 0 unspecified atom stereocenters. The monoisotopic (exact) mass is 312 g/mol. The van der Waals surface area contributed by atoms with Crippen molar-refractivity contribution in [3.63, 3.8) is 0 Å². The van der Waals surface area contributed by atoms with Crippen LogP contribution in [0, 0.1) is 0 Å². The molecule has 0 bridgehead atoms. The number of carbonyl (C=O) groups is 1. The fourth-order valence-electron chi connectivity index (χ4n) is 2.57. The summed E-state index contributed by atoms with van der Waals surface area (Å²) < 4.78 is 4.54. The van der Waals surface area contributed by atoms with Crippen molar-refractivity contribution in [1.29, 1.82) is 0 Å². The number of hydrogen-bond donors (Lipinski definition) is 1. The maximum atomic E-state index is 10.8. The van der Waals surface area contributed by atoms with Crippen LogP contribution in [0.2, 0.25) is 0 Å². The molecule has 0 amide bonds. The molecular weight excluding hydrogens is 276 g/mol. The van der Waals surface area contributed by atoms with E-state index in [2.05, 4.69) is 4.74 Å². The molecule has 3 heteroatoms. The van der Waals surface area contributed by atoms with E-state index in [4.69, 9.17) is 5.11 Å². The van der Waals surface area contributed by atoms with Crippen LogP contribution in [-0.2, 0) is 9.53 Å². The van der Waals surface area contributed by atoms with Gasteiger partial charge in [0.05, 0.1) is 7.11 Å². The van der Waals surface area contributed by atoms with Gasteiger partial charge in [0.2, 0.25) is 0 Å². The Bertz CT molecular complexity index is 261. The highest BCUT2D eigenvalue weighted by molar-refractivity contribution is 5.81. The third kappa shape index (κ3) is 17.2. The van der Waals surface area contributed by atoms with E-state index < -0.39 is 0 Å². The van der Waals surface area contributed by atoms with E-state index in [1.54, 1.807) is 0 Å². The number of rotatable bonds is 16. The molecule has 22 heavy (non-hydrogen) atoms. The van der Waals surface area contributed by atoms with E-state index in [0.29, 0.717) is 6.61 Å². The Morgan fingerprint density at radius 1 is 0.773 bits per heavy atom. The summed E-state index contributed by atoms with van der Waals surface area (Å²) in [7, 11) is 1.41. The van der Waals surface area contributed by atoms with Gasteiger partial charge in [0.15, 0.2) is 0 Å². The number of unbranched alkanes of at least 4 members (excludes halogenated alkanes) is 13. The lowest BCUT2D eigenvalue weighted by molar-refractivity contribution is -0.134. The average molecular weight is 312 g/mol. The molecule has 0 aromatic heterocycles. The van der Waals surface area contributed by atoms with Crippen molar-refractivity contribution in [3.8, 4) is 0 Å². The number of ether oxygens (including phenoxy) is 1. The van der Waals surface area contributed by atoms with E-state index in [9.17, 15) is 4.79 Å². The highest BCUT2D eigenvalue weighted by atomic mass is 16.5. The van der Waals surface area contributed by atoms with Crippen LogP contribution in [-0.4, -0.2) is 24.8 Å². The van der Waals surface area contributed by atoms with E-state index in [1.165, 1.54) is 90.2 Å². The number of carbonyl (C=O) groups excluding carboxylic acids is 1. The van der Waals surface area contributed by atoms with Gasteiger partial charge in [0, 0.05) is 12.7 Å². The molecule has 0 saturated carbocycles. The Balaban J connectivity index is 3.05. The summed E-state index contributed by atoms with van der Waals surface area (Å²) in [6, 6.07) is 0. The molecule has 0 saturated heterocycles. The minimum Gasteiger partial charge on any atom is -0.466 e. The van der Waals surface area contributed by atoms with Gasteiger partial charge in [-0.1, -0.05) is 76.7 Å². The Morgan fingerprint density at radius 2 is 1.18 bits per heavy atom. The van der Waals surface area contributed by atoms with E-state index in [0.717, 1.165) is 12.8 Å². The van der Waals surface area contributed by atoms with Crippen molar-refractivity contribution in [1.82, 2.24) is 0 Å². The van der Waals surface area contributed by atoms with Crippen molar-refractivity contribution < 1.29 is 14.6 Å². The predicted molar refractivity (Wildman–Crippen MR) is 92.9 cm³/mol. The zero-order valence-corrected chi connectivity index (χ0v) is 14.5. The molecule has 0 aliphatic carbocycles. The van der Waals surface area contributed by atoms with Crippen molar-refractivity contribution >= 4 is 5.97 Å². The van der Waals surface area contributed by atoms with Crippen molar-refractivity contribution in [2.24, 2.45) is 0 Å². The first kappa shape index (κ1) is 21.2. The fourth-order valence-corrected chi connectivity index (χ4v) is 2.57. The molecule has 0 atom stereocenters. The summed E-state index contributed by atoms with van der Waals surface area (Å²) in [5.74, 6) is -0.256. The molecule has 0 fully saturated rings. The largest absolute Gasteiger partial charge is 0.466 e. The van der Waals surface area contributed by atoms with Crippen molar-refractivity contribution in [3.05, 3.63) is 12.2 Å². The lowest BCUT2D eigenvalue weighted by Gasteiger charge is -2.02. The Labute approximate surface area is 137 Å². The minimum atomic E-state index is -0.256. The normalized spacial score (nSPS) is 11.2. The van der Waals surface area contributed by atoms with Crippen LogP contribution in [0.15, 0.2) is 12.2 Å². The molecule has 0 heterocycles. The first-order valence-electron chi connectivity index (χ1n) is 9.16. The molecule has 0 aliphatic rings. The first-order valence-corrected chi connectivity index (χ1v) is 9.16. The van der Waals surface area contributed by atoms with E-state index in [-0.39, 0.29) is 5.97 Å². The van der Waals surface area contributed by atoms with Crippen LogP contribution in [0.3, 0.4) is 0 Å². The van der Waals surface area contributed by atoms with Crippen LogP contribution in [0.5, 0.6) is 0 Å². The number of aliphatic hydroxyl groups excluding tert-OH is 1. The van der Waals surface area contributed by atoms with Gasteiger partial charge in [0.25, 0.3) is 0 Å². The Hall–Kier alpha value is -0.830. The van der Waals surface area contributed by atoms with Crippen molar-refractivity contribution in [2.75, 3.05) is 13.7 Å². The maximum Gasteiger partial charge on any atom is 0.330 e. The maximum absolute atomic E-state index is 10.8. The molecule has 0 aromatic rings. The quantitative estimate of drug-likeness (QED) is 0.243. The summed E-state index contributed by atoms with van der Waals surface area (Å²) in [5, 5.41) is 8.68. The lowest BCUT2D eigenvalue weighted by atomic mass is 10.0. The second-order valence-corrected chi connectivity index (χ2v) is 6.03. The number of methoxy groups -OCH3 is 1. The topological polar surface area (TPSA) is 46.5 Å². The highest BCUT2D eigenvalue weighted by Gasteiger charge is 1.94. The standard InChI is InChI=1S/C19H36O3/c1-22-19(21)17-15-13-11-9-7-5-3-2-4-6-8-10-12-14-16-18-20/h15,17,20H,2-14,16,18H2,1H3. The van der Waals surface area contributed by atoms with Crippen LogP contribution in [0.1, 0.15) is 89.9 Å². The van der Waals surface area contributed by atoms with Crippen LogP contribution < -0.4 is 0 Å². The Kier molecular flexibility index (Phi) is 17.5. The zero-order chi connectivity index (χ0) is 16.3. The average Bonchev–Trinajstić information content (AvgIpc) is 2.54. The second-order valence-electron chi connectivity index (χ2n) is 6.03. The molecule has 130 valence electrons. The molecule has 0 radical (unpaired) electrons. The number of hydrogen-bond acceptors (Lipinski definition) is 3. The molecule has 0 spiro atoms. The lowest BCUT2D eigenvalue weighted by Crippen LogP contribution is -1.93. The summed E-state index contributed by atoms with van der Waals surface area (Å²) >= 11 is 0. The Morgan fingerprint density at radius 3 is 1.59 bits per heavy atom. The van der Waals surface area contributed by atoms with E-state index in [1.807, 2.05) is 6.08 Å². The van der Waals surface area contributed by atoms with Gasteiger partial charge in [-0.2, -0.15) is 0 Å². The SMILES string of the molecule is COC(=O)C=CCCCCCCCCCCCCCCCO. The zero-order valence-electron chi connectivity index (χ0n) is 14.5. The molecule has 0 aliphatic heterocycles. The van der Waals surface area contributed by atoms with Gasteiger partial charge in [-0.25, -0.2) is 4.79 Å². The fraction of sp³-hybridized carbons (Fsp3) is 0.842. The molecule has 0 rings (SSSR count). The molecule has 1 N–H and O–H groups in total. The summed E-state index contributed by atoms with van der Waals surface area (Å²) in [6.07, 6.45) is 21.1. The summed E-state index contributed by atoms with van der Waals surface area (Å²) in [6.45, 7) is 0.349. The minimum absolute atomic E-state index is 0.256. The van der Waals surface area contributed by atoms with Gasteiger partial charge in [-0.15, -0.1) is 0 Å². The molecular formula is C19H36O3. The van der Waals surface area contributed by atoms with Gasteiger partial charge >= 0.3 is 5.97 Å². The first-order chi connectivity index (χ1) is 10.8. The molecule has 3 nitrogen and oxygen atoms in total.